The van der Waals surface area contributed by atoms with Crippen molar-refractivity contribution in [3.8, 4) is 5.75 Å². The molecule has 0 spiro atoms. The lowest BCUT2D eigenvalue weighted by molar-refractivity contribution is 0.278. The molecule has 3 heteroatoms. The summed E-state index contributed by atoms with van der Waals surface area (Å²) in [5.74, 6) is 0.855. The molecule has 1 aromatic rings. The number of unbranched alkanes of at least 4 members (excludes halogenated alkanes) is 1. The Hall–Kier alpha value is -1.09. The zero-order valence-electron chi connectivity index (χ0n) is 11.2. The van der Waals surface area contributed by atoms with Crippen LogP contribution in [0, 0.1) is 12.3 Å². The van der Waals surface area contributed by atoms with E-state index in [0.717, 1.165) is 43.9 Å². The summed E-state index contributed by atoms with van der Waals surface area (Å²) in [5.41, 5.74) is 6.96. The lowest BCUT2D eigenvalue weighted by atomic mass is 9.87. The van der Waals surface area contributed by atoms with E-state index >= 15 is 0 Å². The van der Waals surface area contributed by atoms with Gasteiger partial charge in [0.1, 0.15) is 5.75 Å². The molecule has 0 atom stereocenters. The molecule has 2 N–H and O–H groups in total. The largest absolute Gasteiger partial charge is 0.492 e. The van der Waals surface area contributed by atoms with Crippen molar-refractivity contribution >= 4 is 0 Å². The van der Waals surface area contributed by atoms with E-state index < -0.39 is 0 Å². The van der Waals surface area contributed by atoms with Gasteiger partial charge in [0.2, 0.25) is 0 Å². The molecule has 17 heavy (non-hydrogen) atoms. The second-order valence-electron chi connectivity index (χ2n) is 5.31. The van der Waals surface area contributed by atoms with Gasteiger partial charge in [0.05, 0.1) is 12.8 Å². The van der Waals surface area contributed by atoms with Crippen LogP contribution in [-0.2, 0) is 0 Å². The average molecular weight is 236 g/mol. The number of hydrogen-bond donors (Lipinski definition) is 1. The normalized spacial score (nSPS) is 11.5. The zero-order chi connectivity index (χ0) is 12.7. The maximum atomic E-state index is 5.69. The quantitative estimate of drug-likeness (QED) is 0.740. The van der Waals surface area contributed by atoms with Crippen molar-refractivity contribution in [3.63, 3.8) is 0 Å². The van der Waals surface area contributed by atoms with Gasteiger partial charge in [0.25, 0.3) is 0 Å². The molecule has 0 bridgehead atoms. The fraction of sp³-hybridized carbons (Fsp3) is 0.643. The Balaban J connectivity index is 2.14. The molecule has 1 aromatic heterocycles. The van der Waals surface area contributed by atoms with Gasteiger partial charge >= 0.3 is 0 Å². The first-order valence-electron chi connectivity index (χ1n) is 6.29. The summed E-state index contributed by atoms with van der Waals surface area (Å²) in [5, 5.41) is 0. The van der Waals surface area contributed by atoms with Crippen molar-refractivity contribution in [3.05, 3.63) is 24.0 Å². The van der Waals surface area contributed by atoms with Crippen molar-refractivity contribution in [2.45, 2.75) is 40.0 Å². The number of pyridine rings is 1. The Bertz CT molecular complexity index is 319. The van der Waals surface area contributed by atoms with E-state index in [4.69, 9.17) is 10.5 Å². The highest BCUT2D eigenvalue weighted by atomic mass is 16.5. The number of nitrogens with zero attached hydrogens (tertiary/aromatic N) is 1. The van der Waals surface area contributed by atoms with Gasteiger partial charge in [-0.25, -0.2) is 0 Å². The molecule has 0 aromatic carbocycles. The molecular weight excluding hydrogens is 212 g/mol. The third-order valence-electron chi connectivity index (χ3n) is 2.95. The van der Waals surface area contributed by atoms with Crippen LogP contribution < -0.4 is 10.5 Å². The molecule has 0 saturated carbocycles. The van der Waals surface area contributed by atoms with Gasteiger partial charge in [0.15, 0.2) is 0 Å². The van der Waals surface area contributed by atoms with Crippen LogP contribution in [0.1, 0.15) is 38.8 Å². The minimum atomic E-state index is 0.255. The predicted octanol–water partition coefficient (Wildman–Crippen LogP) is 2.92. The van der Waals surface area contributed by atoms with E-state index in [1.807, 2.05) is 19.1 Å². The standard InChI is InChI=1S/C14H24N2O/c1-12-6-7-13(10-16-12)17-9-5-4-8-14(2,3)11-15/h6-7,10H,4-5,8-9,11,15H2,1-3H3. The topological polar surface area (TPSA) is 48.1 Å². The molecule has 0 saturated heterocycles. The Kier molecular flexibility index (Phi) is 5.42. The van der Waals surface area contributed by atoms with Crippen molar-refractivity contribution in [2.24, 2.45) is 11.1 Å². The highest BCUT2D eigenvalue weighted by Gasteiger charge is 2.14. The lowest BCUT2D eigenvalue weighted by Gasteiger charge is -2.21. The number of hydrogen-bond acceptors (Lipinski definition) is 3. The van der Waals surface area contributed by atoms with E-state index in [9.17, 15) is 0 Å². The second kappa shape index (κ2) is 6.60. The van der Waals surface area contributed by atoms with Crippen LogP contribution in [0.25, 0.3) is 0 Å². The van der Waals surface area contributed by atoms with Crippen molar-refractivity contribution in [1.82, 2.24) is 4.98 Å². The van der Waals surface area contributed by atoms with E-state index in [1.165, 1.54) is 0 Å². The monoisotopic (exact) mass is 236 g/mol. The molecule has 96 valence electrons. The number of aromatic nitrogens is 1. The number of ether oxygens (including phenoxy) is 1. The van der Waals surface area contributed by atoms with Crippen LogP contribution in [0.2, 0.25) is 0 Å². The Labute approximate surface area is 104 Å². The molecule has 3 nitrogen and oxygen atoms in total. The van der Waals surface area contributed by atoms with Crippen LogP contribution in [0.4, 0.5) is 0 Å². The van der Waals surface area contributed by atoms with Gasteiger partial charge in [-0.05, 0) is 50.3 Å². The number of aryl methyl sites for hydroxylation is 1. The first kappa shape index (κ1) is 14.0. The van der Waals surface area contributed by atoms with E-state index in [1.54, 1.807) is 6.20 Å². The summed E-state index contributed by atoms with van der Waals surface area (Å²) in [4.78, 5) is 4.19. The first-order valence-corrected chi connectivity index (χ1v) is 6.29. The van der Waals surface area contributed by atoms with Gasteiger partial charge in [-0.1, -0.05) is 13.8 Å². The molecule has 0 aliphatic rings. The van der Waals surface area contributed by atoms with Crippen LogP contribution in [0.15, 0.2) is 18.3 Å². The molecule has 0 fully saturated rings. The minimum absolute atomic E-state index is 0.255. The molecule has 0 aliphatic carbocycles. The summed E-state index contributed by atoms with van der Waals surface area (Å²) < 4.78 is 5.62. The number of nitrogens with two attached hydrogens (primary N) is 1. The summed E-state index contributed by atoms with van der Waals surface area (Å²) in [7, 11) is 0. The van der Waals surface area contributed by atoms with Crippen LogP contribution in [0.3, 0.4) is 0 Å². The Morgan fingerprint density at radius 1 is 1.29 bits per heavy atom. The summed E-state index contributed by atoms with van der Waals surface area (Å²) >= 11 is 0. The summed E-state index contributed by atoms with van der Waals surface area (Å²) in [6.07, 6.45) is 5.15. The molecule has 0 amide bonds. The third kappa shape index (κ3) is 5.68. The van der Waals surface area contributed by atoms with Crippen LogP contribution >= 0.6 is 0 Å². The molecule has 0 unspecified atom stereocenters. The van der Waals surface area contributed by atoms with Crippen LogP contribution in [0.5, 0.6) is 5.75 Å². The van der Waals surface area contributed by atoms with E-state index in [2.05, 4.69) is 18.8 Å². The molecule has 0 aliphatic heterocycles. The second-order valence-corrected chi connectivity index (χ2v) is 5.31. The molecule has 1 heterocycles. The minimum Gasteiger partial charge on any atom is -0.492 e. The first-order chi connectivity index (χ1) is 8.03. The van der Waals surface area contributed by atoms with Crippen molar-refractivity contribution in [2.75, 3.05) is 13.2 Å². The highest BCUT2D eigenvalue weighted by Crippen LogP contribution is 2.21. The number of rotatable bonds is 7. The SMILES string of the molecule is Cc1ccc(OCCCCC(C)(C)CN)cn1. The Morgan fingerprint density at radius 3 is 2.65 bits per heavy atom. The van der Waals surface area contributed by atoms with Crippen molar-refractivity contribution < 1.29 is 4.74 Å². The maximum Gasteiger partial charge on any atom is 0.137 e. The summed E-state index contributed by atoms with van der Waals surface area (Å²) in [6, 6.07) is 3.93. The van der Waals surface area contributed by atoms with Gasteiger partial charge in [-0.2, -0.15) is 0 Å². The molecule has 1 rings (SSSR count). The highest BCUT2D eigenvalue weighted by molar-refractivity contribution is 5.18. The van der Waals surface area contributed by atoms with Crippen molar-refractivity contribution in [1.29, 1.82) is 0 Å². The molecule has 0 radical (unpaired) electrons. The lowest BCUT2D eigenvalue weighted by Crippen LogP contribution is -2.23. The Morgan fingerprint density at radius 2 is 2.06 bits per heavy atom. The summed E-state index contributed by atoms with van der Waals surface area (Å²) in [6.45, 7) is 7.88. The smallest absolute Gasteiger partial charge is 0.137 e. The van der Waals surface area contributed by atoms with Gasteiger partial charge in [-0.3, -0.25) is 4.98 Å². The van der Waals surface area contributed by atoms with E-state index in [0.29, 0.717) is 0 Å². The fourth-order valence-corrected chi connectivity index (χ4v) is 1.54. The average Bonchev–Trinajstić information content (AvgIpc) is 2.31. The maximum absolute atomic E-state index is 5.69. The van der Waals surface area contributed by atoms with Gasteiger partial charge in [-0.15, -0.1) is 0 Å². The van der Waals surface area contributed by atoms with Gasteiger partial charge < -0.3 is 10.5 Å². The van der Waals surface area contributed by atoms with Crippen LogP contribution in [-0.4, -0.2) is 18.1 Å². The van der Waals surface area contributed by atoms with E-state index in [-0.39, 0.29) is 5.41 Å². The fourth-order valence-electron chi connectivity index (χ4n) is 1.54. The van der Waals surface area contributed by atoms with Gasteiger partial charge in [0, 0.05) is 5.69 Å². The molecular formula is C14H24N2O. The predicted molar refractivity (Wildman–Crippen MR) is 71.2 cm³/mol. The third-order valence-corrected chi connectivity index (χ3v) is 2.95. The zero-order valence-corrected chi connectivity index (χ0v) is 11.2.